The van der Waals surface area contributed by atoms with E-state index in [1.165, 1.54) is 25.3 Å². The van der Waals surface area contributed by atoms with Gasteiger partial charge in [-0.05, 0) is 42.3 Å². The van der Waals surface area contributed by atoms with Crippen LogP contribution in [-0.2, 0) is 35.9 Å². The number of rotatable bonds is 9. The van der Waals surface area contributed by atoms with Crippen molar-refractivity contribution in [2.75, 3.05) is 17.6 Å². The number of hydrogen-bond donors (Lipinski definition) is 0. The molecule has 6 nitrogen and oxygen atoms in total. The van der Waals surface area contributed by atoms with Crippen molar-refractivity contribution in [3.63, 3.8) is 0 Å². The second kappa shape index (κ2) is 11.8. The molecule has 0 unspecified atom stereocenters. The predicted octanol–water partition coefficient (Wildman–Crippen LogP) is 4.63. The van der Waals surface area contributed by atoms with Gasteiger partial charge in [0.25, 0.3) is 0 Å². The average molecular weight is 630 g/mol. The molecule has 0 amide bonds. The Kier molecular flexibility index (Phi) is 10.4. The zero-order valence-electron chi connectivity index (χ0n) is 19.0. The summed E-state index contributed by atoms with van der Waals surface area (Å²) in [7, 11) is -2.21. The molecule has 0 N–H and O–H groups in total. The first kappa shape index (κ1) is 28.1. The summed E-state index contributed by atoms with van der Waals surface area (Å²) in [6, 6.07) is 5.74. The van der Waals surface area contributed by atoms with Gasteiger partial charge >= 0.3 is 0 Å². The fourth-order valence-electron chi connectivity index (χ4n) is 2.89. The van der Waals surface area contributed by atoms with Crippen molar-refractivity contribution >= 4 is 27.8 Å². The van der Waals surface area contributed by atoms with Crippen LogP contribution < -0.4 is 4.31 Å². The number of carbonyl (C=O) groups is 1. The molecule has 1 atom stereocenters. The second-order valence-corrected chi connectivity index (χ2v) is 9.97. The van der Waals surface area contributed by atoms with Gasteiger partial charge in [0.05, 0.1) is 17.6 Å². The third kappa shape index (κ3) is 7.31. The number of benzene rings is 1. The van der Waals surface area contributed by atoms with Crippen LogP contribution in [0, 0.1) is 18.7 Å². The summed E-state index contributed by atoms with van der Waals surface area (Å²) in [5.41, 5.74) is 2.21. The van der Waals surface area contributed by atoms with Gasteiger partial charge in [-0.2, -0.15) is 6.42 Å². The first-order valence-corrected chi connectivity index (χ1v) is 11.9. The number of sulfonamides is 1. The molecule has 174 valence electrons. The van der Waals surface area contributed by atoms with Crippen LogP contribution in [0.1, 0.15) is 50.8 Å². The number of nitrogens with zero attached hydrogens (tertiary/aromatic N) is 3. The molecule has 0 spiro atoms. The Balaban J connectivity index is 0.00000512. The molecular weight excluding hydrogens is 601 g/mol. The van der Waals surface area contributed by atoms with E-state index in [1.54, 1.807) is 18.2 Å². The molecule has 2 aromatic rings. The van der Waals surface area contributed by atoms with Gasteiger partial charge in [-0.15, -0.1) is 0 Å². The molecule has 32 heavy (non-hydrogen) atoms. The monoisotopic (exact) mass is 630 g/mol. The van der Waals surface area contributed by atoms with Gasteiger partial charge in [0, 0.05) is 45.7 Å². The van der Waals surface area contributed by atoms with E-state index in [2.05, 4.69) is 16.9 Å². The summed E-state index contributed by atoms with van der Waals surface area (Å²) < 4.78 is 38.6. The molecule has 0 saturated heterocycles. The standard InChI is InChI=1S/C23H29FN3O3S.W/c1-7-16(4)14-19(28)12-13-20-21(15(2)3)25-23(27(5)31(6,29)30)26-22(20)17-8-10-18(24)11-9-17;/h8-13,15-16H,1,7,14H2,2-6H3;/q-1;/b13-12+;/t16-;/m0./s1. The first-order chi connectivity index (χ1) is 14.4. The van der Waals surface area contributed by atoms with Crippen LogP contribution >= 0.6 is 0 Å². The summed E-state index contributed by atoms with van der Waals surface area (Å²) >= 11 is 0. The molecular formula is C23H29FN3O3SW-. The Labute approximate surface area is 204 Å². The largest absolute Gasteiger partial charge is 0.343 e. The summed E-state index contributed by atoms with van der Waals surface area (Å²) in [5, 5.41) is 0. The SMILES string of the molecule is [CH2-]C[C@H](C)CC(=O)/C=C/c1c(-c2ccc(F)cc2)nc(N(C)S(C)(=O)=O)nc1C(C)C.[W]. The Hall–Kier alpha value is -1.92. The van der Waals surface area contributed by atoms with Crippen LogP contribution in [0.3, 0.4) is 0 Å². The molecule has 1 aromatic carbocycles. The molecule has 1 heterocycles. The van der Waals surface area contributed by atoms with E-state index in [-0.39, 0.29) is 44.6 Å². The average Bonchev–Trinajstić information content (AvgIpc) is 2.70. The van der Waals surface area contributed by atoms with Gasteiger partial charge in [0.15, 0.2) is 5.78 Å². The van der Waals surface area contributed by atoms with E-state index in [1.807, 2.05) is 20.8 Å². The van der Waals surface area contributed by atoms with Crippen molar-refractivity contribution in [2.45, 2.75) is 39.5 Å². The normalized spacial score (nSPS) is 12.6. The fourth-order valence-corrected chi connectivity index (χ4v) is 3.26. The minimum Gasteiger partial charge on any atom is -0.343 e. The second-order valence-electron chi connectivity index (χ2n) is 7.96. The number of aromatic nitrogens is 2. The summed E-state index contributed by atoms with van der Waals surface area (Å²) in [4.78, 5) is 21.3. The van der Waals surface area contributed by atoms with Crippen molar-refractivity contribution in [1.29, 1.82) is 0 Å². The smallest absolute Gasteiger partial charge is 0.239 e. The van der Waals surface area contributed by atoms with E-state index in [9.17, 15) is 17.6 Å². The Bertz CT molecular complexity index is 1070. The maximum atomic E-state index is 13.5. The number of hydrogen-bond acceptors (Lipinski definition) is 5. The van der Waals surface area contributed by atoms with Gasteiger partial charge < -0.3 is 6.92 Å². The molecule has 0 radical (unpaired) electrons. The van der Waals surface area contributed by atoms with E-state index in [0.29, 0.717) is 35.4 Å². The predicted molar refractivity (Wildman–Crippen MR) is 123 cm³/mol. The van der Waals surface area contributed by atoms with Crippen molar-refractivity contribution in [3.8, 4) is 11.3 Å². The van der Waals surface area contributed by atoms with E-state index in [0.717, 1.165) is 10.6 Å². The number of allylic oxidation sites excluding steroid dienone is 1. The maximum absolute atomic E-state index is 13.5. The van der Waals surface area contributed by atoms with Crippen molar-refractivity contribution in [2.24, 2.45) is 5.92 Å². The molecule has 0 aliphatic heterocycles. The van der Waals surface area contributed by atoms with Crippen LogP contribution in [0.2, 0.25) is 0 Å². The fraction of sp³-hybridized carbons (Fsp3) is 0.391. The minimum absolute atomic E-state index is 0. The summed E-state index contributed by atoms with van der Waals surface area (Å²) in [6.07, 6.45) is 5.26. The molecule has 0 aliphatic carbocycles. The third-order valence-electron chi connectivity index (χ3n) is 4.89. The summed E-state index contributed by atoms with van der Waals surface area (Å²) in [6.45, 7) is 9.62. The number of anilines is 1. The van der Waals surface area contributed by atoms with E-state index in [4.69, 9.17) is 0 Å². The van der Waals surface area contributed by atoms with Crippen LogP contribution in [0.4, 0.5) is 10.3 Å². The van der Waals surface area contributed by atoms with Gasteiger partial charge in [0.1, 0.15) is 5.82 Å². The number of ketones is 1. The van der Waals surface area contributed by atoms with Gasteiger partial charge in [0.2, 0.25) is 16.0 Å². The van der Waals surface area contributed by atoms with Crippen LogP contribution in [0.15, 0.2) is 30.3 Å². The molecule has 9 heteroatoms. The zero-order valence-corrected chi connectivity index (χ0v) is 22.8. The molecule has 0 bridgehead atoms. The van der Waals surface area contributed by atoms with E-state index >= 15 is 0 Å². The van der Waals surface area contributed by atoms with Gasteiger partial charge in [-0.1, -0.05) is 26.7 Å². The Morgan fingerprint density at radius 1 is 1.19 bits per heavy atom. The molecule has 2 rings (SSSR count). The quantitative estimate of drug-likeness (QED) is 0.298. The van der Waals surface area contributed by atoms with Crippen LogP contribution in [0.25, 0.3) is 17.3 Å². The molecule has 0 aliphatic rings. The molecule has 0 fully saturated rings. The van der Waals surface area contributed by atoms with Crippen molar-refractivity contribution in [1.82, 2.24) is 9.97 Å². The number of carbonyl (C=O) groups excluding carboxylic acids is 1. The minimum atomic E-state index is -3.59. The van der Waals surface area contributed by atoms with Gasteiger partial charge in [-0.3, -0.25) is 4.79 Å². The van der Waals surface area contributed by atoms with Crippen molar-refractivity contribution in [3.05, 3.63) is 54.3 Å². The van der Waals surface area contributed by atoms with Crippen molar-refractivity contribution < 1.29 is 38.7 Å². The van der Waals surface area contributed by atoms with Crippen LogP contribution in [0.5, 0.6) is 0 Å². The topological polar surface area (TPSA) is 80.2 Å². The Morgan fingerprint density at radius 3 is 2.28 bits per heavy atom. The zero-order chi connectivity index (χ0) is 23.3. The molecule has 1 aromatic heterocycles. The number of halogens is 1. The molecule has 0 saturated carbocycles. The third-order valence-corrected chi connectivity index (χ3v) is 6.04. The summed E-state index contributed by atoms with van der Waals surface area (Å²) in [5.74, 6) is -0.347. The first-order valence-electron chi connectivity index (χ1n) is 10.1. The van der Waals surface area contributed by atoms with E-state index < -0.39 is 15.8 Å². The Morgan fingerprint density at radius 2 is 1.78 bits per heavy atom. The van der Waals surface area contributed by atoms with Crippen LogP contribution in [-0.4, -0.2) is 37.5 Å². The maximum Gasteiger partial charge on any atom is 0.239 e. The van der Waals surface area contributed by atoms with Gasteiger partial charge in [-0.25, -0.2) is 27.1 Å².